The number of aromatic carboxylic acids is 1. The number of hydrogen-bond donors (Lipinski definition) is 3. The van der Waals surface area contributed by atoms with E-state index >= 15 is 0 Å². The number of benzene rings is 3. The molecule has 3 N–H and O–H groups in total. The molecular weight excluding hydrogens is 508 g/mol. The molecule has 0 aliphatic rings. The SMILES string of the molecule is CCCN(Cc1ccc(-c2ccccc2-c2nnn[nH]2)cc1)c1nc(OCc2ccccc2O)ccc1C(=O)O. The van der Waals surface area contributed by atoms with Crippen LogP contribution in [0.2, 0.25) is 0 Å². The molecule has 5 rings (SSSR count). The van der Waals surface area contributed by atoms with Crippen molar-refractivity contribution in [1.29, 1.82) is 0 Å². The van der Waals surface area contributed by atoms with Crippen molar-refractivity contribution in [1.82, 2.24) is 25.6 Å². The smallest absolute Gasteiger partial charge is 0.339 e. The van der Waals surface area contributed by atoms with Gasteiger partial charge in [0.05, 0.1) is 0 Å². The first-order valence-corrected chi connectivity index (χ1v) is 12.8. The zero-order valence-electron chi connectivity index (χ0n) is 21.9. The van der Waals surface area contributed by atoms with E-state index in [0.29, 0.717) is 30.3 Å². The maximum absolute atomic E-state index is 12.1. The Labute approximate surface area is 230 Å². The van der Waals surface area contributed by atoms with Crippen LogP contribution in [0.4, 0.5) is 5.82 Å². The molecule has 0 aliphatic heterocycles. The van der Waals surface area contributed by atoms with Crippen molar-refractivity contribution in [3.63, 3.8) is 0 Å². The van der Waals surface area contributed by atoms with Crippen LogP contribution in [-0.2, 0) is 13.2 Å². The first kappa shape index (κ1) is 26.4. The van der Waals surface area contributed by atoms with Crippen LogP contribution in [0.25, 0.3) is 22.5 Å². The molecule has 10 heteroatoms. The van der Waals surface area contributed by atoms with Crippen molar-refractivity contribution in [2.75, 3.05) is 11.4 Å². The molecule has 2 heterocycles. The lowest BCUT2D eigenvalue weighted by Crippen LogP contribution is -2.27. The Balaban J connectivity index is 1.40. The third-order valence-electron chi connectivity index (χ3n) is 6.41. The number of carboxylic acid groups (broad SMARTS) is 1. The zero-order chi connectivity index (χ0) is 27.9. The largest absolute Gasteiger partial charge is 0.508 e. The molecule has 3 aromatic carbocycles. The van der Waals surface area contributed by atoms with Gasteiger partial charge in [-0.1, -0.05) is 73.7 Å². The summed E-state index contributed by atoms with van der Waals surface area (Å²) in [5, 5.41) is 34.2. The molecule has 10 nitrogen and oxygen atoms in total. The molecule has 5 aromatic rings. The van der Waals surface area contributed by atoms with E-state index in [9.17, 15) is 15.0 Å². The van der Waals surface area contributed by atoms with E-state index in [2.05, 4.69) is 25.6 Å². The van der Waals surface area contributed by atoms with Crippen molar-refractivity contribution in [3.8, 4) is 34.1 Å². The highest BCUT2D eigenvalue weighted by molar-refractivity contribution is 5.93. The van der Waals surface area contributed by atoms with E-state index < -0.39 is 5.97 Å². The predicted molar refractivity (Wildman–Crippen MR) is 150 cm³/mol. The fraction of sp³-hybridized carbons (Fsp3) is 0.167. The molecule has 0 atom stereocenters. The highest BCUT2D eigenvalue weighted by atomic mass is 16.5. The first-order chi connectivity index (χ1) is 19.5. The van der Waals surface area contributed by atoms with Gasteiger partial charge >= 0.3 is 5.97 Å². The van der Waals surface area contributed by atoms with Gasteiger partial charge in [-0.2, -0.15) is 4.98 Å². The fourth-order valence-corrected chi connectivity index (χ4v) is 4.46. The minimum Gasteiger partial charge on any atom is -0.508 e. The number of hydrogen-bond acceptors (Lipinski definition) is 8. The Morgan fingerprint density at radius 2 is 1.70 bits per heavy atom. The summed E-state index contributed by atoms with van der Waals surface area (Å²) >= 11 is 0. The van der Waals surface area contributed by atoms with Crippen LogP contribution < -0.4 is 9.64 Å². The Bertz CT molecular complexity index is 1590. The monoisotopic (exact) mass is 536 g/mol. The molecule has 0 amide bonds. The molecule has 202 valence electrons. The molecule has 0 aliphatic carbocycles. The lowest BCUT2D eigenvalue weighted by Gasteiger charge is -2.25. The van der Waals surface area contributed by atoms with Crippen molar-refractivity contribution < 1.29 is 19.7 Å². The lowest BCUT2D eigenvalue weighted by molar-refractivity contribution is 0.0697. The molecule has 0 saturated carbocycles. The Morgan fingerprint density at radius 1 is 0.950 bits per heavy atom. The van der Waals surface area contributed by atoms with Crippen LogP contribution in [0.15, 0.2) is 84.9 Å². The van der Waals surface area contributed by atoms with Crippen LogP contribution in [0.3, 0.4) is 0 Å². The van der Waals surface area contributed by atoms with Crippen molar-refractivity contribution in [2.24, 2.45) is 0 Å². The molecule has 0 radical (unpaired) electrons. The van der Waals surface area contributed by atoms with Gasteiger partial charge in [0.15, 0.2) is 5.82 Å². The maximum Gasteiger partial charge on any atom is 0.339 e. The minimum atomic E-state index is -1.07. The minimum absolute atomic E-state index is 0.0922. The number of phenolic OH excluding ortho intramolecular Hbond substituents is 1. The van der Waals surface area contributed by atoms with Crippen LogP contribution >= 0.6 is 0 Å². The standard InChI is InChI=1S/C30H28N6O4/c1-2-17-36(29-25(30(38)39)15-16-27(31-29)40-19-22-7-3-6-10-26(22)37)18-20-11-13-21(14-12-20)23-8-4-5-9-24(23)28-32-34-35-33-28/h3-16,37H,2,17-19H2,1H3,(H,38,39)(H,32,33,34,35). The van der Waals surface area contributed by atoms with E-state index in [-0.39, 0.29) is 23.8 Å². The van der Waals surface area contributed by atoms with Crippen LogP contribution in [-0.4, -0.2) is 48.3 Å². The number of carbonyl (C=O) groups is 1. The number of nitrogens with zero attached hydrogens (tertiary/aromatic N) is 5. The second kappa shape index (κ2) is 12.1. The summed E-state index contributed by atoms with van der Waals surface area (Å²) in [4.78, 5) is 18.6. The van der Waals surface area contributed by atoms with Gasteiger partial charge in [0.2, 0.25) is 5.88 Å². The van der Waals surface area contributed by atoms with Crippen molar-refractivity contribution in [3.05, 3.63) is 102 Å². The number of carboxylic acids is 1. The lowest BCUT2D eigenvalue weighted by atomic mass is 9.98. The zero-order valence-corrected chi connectivity index (χ0v) is 21.9. The quantitative estimate of drug-likeness (QED) is 0.205. The molecule has 0 bridgehead atoms. The number of H-pyrrole nitrogens is 1. The number of phenols is 1. The number of ether oxygens (including phenoxy) is 1. The molecule has 0 unspecified atom stereocenters. The van der Waals surface area contributed by atoms with Crippen LogP contribution in [0.5, 0.6) is 11.6 Å². The first-order valence-electron chi connectivity index (χ1n) is 12.8. The van der Waals surface area contributed by atoms with Gasteiger partial charge in [-0.05, 0) is 45.7 Å². The van der Waals surface area contributed by atoms with E-state index in [1.54, 1.807) is 18.2 Å². The molecule has 40 heavy (non-hydrogen) atoms. The topological polar surface area (TPSA) is 137 Å². The number of aromatic amines is 1. The number of tetrazole rings is 1. The average Bonchev–Trinajstić information content (AvgIpc) is 3.52. The average molecular weight is 537 g/mol. The number of rotatable bonds is 11. The number of para-hydroxylation sites is 1. The second-order valence-electron chi connectivity index (χ2n) is 9.16. The van der Waals surface area contributed by atoms with Gasteiger partial charge in [0, 0.05) is 30.3 Å². The summed E-state index contributed by atoms with van der Waals surface area (Å²) in [6.45, 7) is 3.19. The Kier molecular flexibility index (Phi) is 7.96. The number of aromatic nitrogens is 5. The van der Waals surface area contributed by atoms with Crippen molar-refractivity contribution in [2.45, 2.75) is 26.5 Å². The Hall–Kier alpha value is -5.25. The number of aromatic hydroxyl groups is 1. The summed E-state index contributed by atoms with van der Waals surface area (Å²) < 4.78 is 5.83. The van der Waals surface area contributed by atoms with Gasteiger partial charge in [-0.3, -0.25) is 0 Å². The normalized spacial score (nSPS) is 10.8. The summed E-state index contributed by atoms with van der Waals surface area (Å²) in [6.07, 6.45) is 0.792. The summed E-state index contributed by atoms with van der Waals surface area (Å²) in [6, 6.07) is 25.9. The summed E-state index contributed by atoms with van der Waals surface area (Å²) in [5.74, 6) is 0.256. The number of pyridine rings is 1. The van der Waals surface area contributed by atoms with Crippen molar-refractivity contribution >= 4 is 11.8 Å². The van der Waals surface area contributed by atoms with Gasteiger partial charge in [-0.25, -0.2) is 9.89 Å². The summed E-state index contributed by atoms with van der Waals surface area (Å²) in [7, 11) is 0. The highest BCUT2D eigenvalue weighted by Gasteiger charge is 2.20. The van der Waals surface area contributed by atoms with Crippen LogP contribution in [0, 0.1) is 0 Å². The molecule has 0 saturated heterocycles. The molecule has 2 aromatic heterocycles. The molecule has 0 spiro atoms. The predicted octanol–water partition coefficient (Wildman–Crippen LogP) is 5.33. The van der Waals surface area contributed by atoms with Gasteiger partial charge in [0.1, 0.15) is 23.7 Å². The van der Waals surface area contributed by atoms with E-state index in [0.717, 1.165) is 28.7 Å². The highest BCUT2D eigenvalue weighted by Crippen LogP contribution is 2.31. The van der Waals surface area contributed by atoms with E-state index in [1.165, 1.54) is 12.1 Å². The third kappa shape index (κ3) is 5.91. The number of anilines is 1. The second-order valence-corrected chi connectivity index (χ2v) is 9.16. The van der Waals surface area contributed by atoms with Gasteiger partial charge < -0.3 is 19.8 Å². The molecular formula is C30H28N6O4. The summed E-state index contributed by atoms with van der Waals surface area (Å²) in [5.41, 5.74) is 4.58. The van der Waals surface area contributed by atoms with Gasteiger partial charge in [-0.15, -0.1) is 5.10 Å². The maximum atomic E-state index is 12.1. The van der Waals surface area contributed by atoms with Gasteiger partial charge in [0.25, 0.3) is 0 Å². The molecule has 0 fully saturated rings. The van der Waals surface area contributed by atoms with Crippen LogP contribution in [0.1, 0.15) is 34.8 Å². The fourth-order valence-electron chi connectivity index (χ4n) is 4.46. The van der Waals surface area contributed by atoms with E-state index in [4.69, 9.17) is 4.74 Å². The number of nitrogens with one attached hydrogen (secondary N) is 1. The Morgan fingerprint density at radius 3 is 2.40 bits per heavy atom. The third-order valence-corrected chi connectivity index (χ3v) is 6.41. The van der Waals surface area contributed by atoms with E-state index in [1.807, 2.05) is 66.4 Å².